The predicted molar refractivity (Wildman–Crippen MR) is 78.0 cm³/mol. The Hall–Kier alpha value is -2.09. The van der Waals surface area contributed by atoms with Crippen LogP contribution in [0.1, 0.15) is 4.88 Å². The summed E-state index contributed by atoms with van der Waals surface area (Å²) in [6.07, 6.45) is 1.55. The van der Waals surface area contributed by atoms with Crippen molar-refractivity contribution in [1.82, 2.24) is 0 Å². The molecule has 2 rings (SSSR count). The molecule has 0 bridgehead atoms. The Balaban J connectivity index is 2.19. The zero-order chi connectivity index (χ0) is 13.7. The number of thiophene rings is 1. The molecule has 0 saturated carbocycles. The zero-order valence-electron chi connectivity index (χ0n) is 9.76. The van der Waals surface area contributed by atoms with Gasteiger partial charge in [-0.1, -0.05) is 29.8 Å². The molecule has 3 nitrogen and oxygen atoms in total. The Morgan fingerprint density at radius 2 is 2.11 bits per heavy atom. The molecule has 0 radical (unpaired) electrons. The van der Waals surface area contributed by atoms with Gasteiger partial charge in [0.25, 0.3) is 5.91 Å². The van der Waals surface area contributed by atoms with E-state index in [0.29, 0.717) is 10.7 Å². The van der Waals surface area contributed by atoms with Gasteiger partial charge in [-0.3, -0.25) is 4.79 Å². The largest absolute Gasteiger partial charge is 0.320 e. The number of amides is 1. The molecule has 19 heavy (non-hydrogen) atoms. The average molecular weight is 289 g/mol. The first-order chi connectivity index (χ1) is 9.20. The molecule has 0 spiro atoms. The highest BCUT2D eigenvalue weighted by Gasteiger charge is 2.11. The van der Waals surface area contributed by atoms with Gasteiger partial charge in [-0.05, 0) is 29.7 Å². The standard InChI is InChI=1S/C14H9ClN2OS/c15-12-5-1-2-6-13(12)17-14(18)10(9-16)8-11-4-3-7-19-11/h1-8H,(H,17,18). The Bertz CT molecular complexity index is 656. The maximum absolute atomic E-state index is 12.0. The van der Waals surface area contributed by atoms with Gasteiger partial charge in [-0.25, -0.2) is 0 Å². The normalized spacial score (nSPS) is 10.8. The maximum atomic E-state index is 12.0. The summed E-state index contributed by atoms with van der Waals surface area (Å²) in [6.45, 7) is 0. The number of carbonyl (C=O) groups is 1. The molecule has 0 saturated heterocycles. The minimum absolute atomic E-state index is 0.0439. The Morgan fingerprint density at radius 3 is 2.74 bits per heavy atom. The van der Waals surface area contributed by atoms with E-state index in [-0.39, 0.29) is 5.57 Å². The average Bonchev–Trinajstić information content (AvgIpc) is 2.91. The Kier molecular flexibility index (Phi) is 4.35. The minimum atomic E-state index is -0.469. The maximum Gasteiger partial charge on any atom is 0.266 e. The number of anilines is 1. The molecule has 0 fully saturated rings. The van der Waals surface area contributed by atoms with Crippen LogP contribution in [-0.2, 0) is 4.79 Å². The minimum Gasteiger partial charge on any atom is -0.320 e. The van der Waals surface area contributed by atoms with Crippen molar-refractivity contribution in [3.63, 3.8) is 0 Å². The van der Waals surface area contributed by atoms with E-state index in [1.165, 1.54) is 11.3 Å². The lowest BCUT2D eigenvalue weighted by atomic mass is 10.2. The third kappa shape index (κ3) is 3.44. The first kappa shape index (κ1) is 13.3. The summed E-state index contributed by atoms with van der Waals surface area (Å²) in [4.78, 5) is 12.8. The summed E-state index contributed by atoms with van der Waals surface area (Å²) in [7, 11) is 0. The van der Waals surface area contributed by atoms with Gasteiger partial charge in [0.1, 0.15) is 11.6 Å². The summed E-state index contributed by atoms with van der Waals surface area (Å²) < 4.78 is 0. The van der Waals surface area contributed by atoms with E-state index in [9.17, 15) is 4.79 Å². The van der Waals surface area contributed by atoms with Crippen LogP contribution < -0.4 is 5.32 Å². The van der Waals surface area contributed by atoms with E-state index in [1.807, 2.05) is 23.6 Å². The van der Waals surface area contributed by atoms with Crippen LogP contribution in [0.25, 0.3) is 6.08 Å². The monoisotopic (exact) mass is 288 g/mol. The molecular weight excluding hydrogens is 280 g/mol. The number of benzene rings is 1. The second-order valence-corrected chi connectivity index (χ2v) is 5.01. The zero-order valence-corrected chi connectivity index (χ0v) is 11.3. The highest BCUT2D eigenvalue weighted by Crippen LogP contribution is 2.21. The van der Waals surface area contributed by atoms with Crippen molar-refractivity contribution >= 4 is 40.6 Å². The number of hydrogen-bond donors (Lipinski definition) is 1. The molecule has 1 aromatic carbocycles. The highest BCUT2D eigenvalue weighted by atomic mass is 35.5. The van der Waals surface area contributed by atoms with Gasteiger partial charge in [0.05, 0.1) is 10.7 Å². The van der Waals surface area contributed by atoms with Crippen molar-refractivity contribution in [2.45, 2.75) is 0 Å². The quantitative estimate of drug-likeness (QED) is 0.687. The van der Waals surface area contributed by atoms with Crippen molar-refractivity contribution in [3.05, 3.63) is 57.3 Å². The van der Waals surface area contributed by atoms with Gasteiger partial charge in [-0.15, -0.1) is 11.3 Å². The van der Waals surface area contributed by atoms with Crippen LogP contribution in [-0.4, -0.2) is 5.91 Å². The molecule has 1 heterocycles. The Labute approximate surface area is 119 Å². The topological polar surface area (TPSA) is 52.9 Å². The number of para-hydroxylation sites is 1. The summed E-state index contributed by atoms with van der Waals surface area (Å²) in [6, 6.07) is 12.5. The molecular formula is C14H9ClN2OS. The van der Waals surface area contributed by atoms with Gasteiger partial charge in [-0.2, -0.15) is 5.26 Å². The number of nitrogens with one attached hydrogen (secondary N) is 1. The van der Waals surface area contributed by atoms with Gasteiger partial charge in [0.15, 0.2) is 0 Å². The van der Waals surface area contributed by atoms with E-state index >= 15 is 0 Å². The molecule has 0 unspecified atom stereocenters. The van der Waals surface area contributed by atoms with Crippen LogP contribution in [0, 0.1) is 11.3 Å². The lowest BCUT2D eigenvalue weighted by Gasteiger charge is -2.05. The van der Waals surface area contributed by atoms with Crippen molar-refractivity contribution in [1.29, 1.82) is 5.26 Å². The van der Waals surface area contributed by atoms with Crippen molar-refractivity contribution in [3.8, 4) is 6.07 Å². The van der Waals surface area contributed by atoms with Crippen LogP contribution in [0.4, 0.5) is 5.69 Å². The smallest absolute Gasteiger partial charge is 0.266 e. The van der Waals surface area contributed by atoms with Gasteiger partial charge >= 0.3 is 0 Å². The molecule has 0 aliphatic carbocycles. The fourth-order valence-corrected chi connectivity index (χ4v) is 2.26. The molecule has 0 aliphatic heterocycles. The Morgan fingerprint density at radius 1 is 1.32 bits per heavy atom. The summed E-state index contributed by atoms with van der Waals surface area (Å²) in [5.41, 5.74) is 0.531. The number of halogens is 1. The van der Waals surface area contributed by atoms with E-state index < -0.39 is 5.91 Å². The van der Waals surface area contributed by atoms with Crippen LogP contribution in [0.15, 0.2) is 47.4 Å². The van der Waals surface area contributed by atoms with E-state index in [1.54, 1.807) is 30.3 Å². The number of nitrogens with zero attached hydrogens (tertiary/aromatic N) is 1. The first-order valence-electron chi connectivity index (χ1n) is 5.42. The molecule has 0 atom stereocenters. The molecule has 1 N–H and O–H groups in total. The van der Waals surface area contributed by atoms with E-state index in [0.717, 1.165) is 4.88 Å². The third-order valence-corrected chi connectivity index (χ3v) is 3.47. The van der Waals surface area contributed by atoms with Crippen LogP contribution >= 0.6 is 22.9 Å². The van der Waals surface area contributed by atoms with Crippen LogP contribution in [0.5, 0.6) is 0 Å². The SMILES string of the molecule is N#CC(=Cc1cccs1)C(=O)Nc1ccccc1Cl. The molecule has 5 heteroatoms. The second kappa shape index (κ2) is 6.19. The van der Waals surface area contributed by atoms with Gasteiger partial charge < -0.3 is 5.32 Å². The van der Waals surface area contributed by atoms with Crippen molar-refractivity contribution in [2.75, 3.05) is 5.32 Å². The first-order valence-corrected chi connectivity index (χ1v) is 6.67. The number of rotatable bonds is 3. The van der Waals surface area contributed by atoms with E-state index in [4.69, 9.17) is 16.9 Å². The number of carbonyl (C=O) groups excluding carboxylic acids is 1. The molecule has 2 aromatic rings. The highest BCUT2D eigenvalue weighted by molar-refractivity contribution is 7.10. The molecule has 1 aromatic heterocycles. The molecule has 94 valence electrons. The van der Waals surface area contributed by atoms with Gasteiger partial charge in [0, 0.05) is 4.88 Å². The number of nitriles is 1. The number of hydrogen-bond acceptors (Lipinski definition) is 3. The molecule has 0 aliphatic rings. The summed E-state index contributed by atoms with van der Waals surface area (Å²) in [5.74, 6) is -0.469. The van der Waals surface area contributed by atoms with Crippen molar-refractivity contribution < 1.29 is 4.79 Å². The predicted octanol–water partition coefficient (Wildman–Crippen LogP) is 3.95. The van der Waals surface area contributed by atoms with Crippen molar-refractivity contribution in [2.24, 2.45) is 0 Å². The van der Waals surface area contributed by atoms with Crippen LogP contribution in [0.3, 0.4) is 0 Å². The fraction of sp³-hybridized carbons (Fsp3) is 0. The van der Waals surface area contributed by atoms with E-state index in [2.05, 4.69) is 5.32 Å². The lowest BCUT2D eigenvalue weighted by Crippen LogP contribution is -2.13. The summed E-state index contributed by atoms with van der Waals surface area (Å²) in [5, 5.41) is 14.0. The van der Waals surface area contributed by atoms with Gasteiger partial charge in [0.2, 0.25) is 0 Å². The fourth-order valence-electron chi connectivity index (χ4n) is 1.42. The lowest BCUT2D eigenvalue weighted by molar-refractivity contribution is -0.112. The second-order valence-electron chi connectivity index (χ2n) is 3.62. The third-order valence-electron chi connectivity index (χ3n) is 2.32. The van der Waals surface area contributed by atoms with Crippen LogP contribution in [0.2, 0.25) is 5.02 Å². The molecule has 1 amide bonds. The summed E-state index contributed by atoms with van der Waals surface area (Å²) >= 11 is 7.40.